The van der Waals surface area contributed by atoms with Gasteiger partial charge in [0.15, 0.2) is 6.10 Å². The summed E-state index contributed by atoms with van der Waals surface area (Å²) in [7, 11) is 0. The van der Waals surface area contributed by atoms with Crippen LogP contribution in [0.1, 0.15) is 329 Å². The molecule has 0 spiro atoms. The molecule has 0 heterocycles. The Bertz CT molecular complexity index is 1250. The molecule has 0 saturated carbocycles. The molecule has 0 aliphatic rings. The monoisotopic (exact) mass is 1020 g/mol. The van der Waals surface area contributed by atoms with E-state index in [2.05, 4.69) is 81.5 Å². The Hall–Kier alpha value is -2.89. The largest absolute Gasteiger partial charge is 0.462 e. The van der Waals surface area contributed by atoms with Crippen molar-refractivity contribution in [2.24, 2.45) is 0 Å². The van der Waals surface area contributed by atoms with Crippen LogP contribution in [-0.4, -0.2) is 37.2 Å². The minimum Gasteiger partial charge on any atom is -0.462 e. The summed E-state index contributed by atoms with van der Waals surface area (Å²) in [4.78, 5) is 38.3. The molecule has 0 amide bonds. The van der Waals surface area contributed by atoms with Crippen LogP contribution in [0.5, 0.6) is 0 Å². The Morgan fingerprint density at radius 1 is 0.274 bits per heavy atom. The van der Waals surface area contributed by atoms with Crippen LogP contribution in [0.15, 0.2) is 60.8 Å². The lowest BCUT2D eigenvalue weighted by Gasteiger charge is -2.18. The van der Waals surface area contributed by atoms with Crippen molar-refractivity contribution in [2.75, 3.05) is 13.2 Å². The van der Waals surface area contributed by atoms with Crippen LogP contribution in [0, 0.1) is 0 Å². The normalized spacial score (nSPS) is 12.1. The van der Waals surface area contributed by atoms with E-state index in [9.17, 15) is 14.4 Å². The maximum Gasteiger partial charge on any atom is 0.306 e. The van der Waals surface area contributed by atoms with Crippen molar-refractivity contribution in [1.82, 2.24) is 0 Å². The van der Waals surface area contributed by atoms with Crippen molar-refractivity contribution in [3.8, 4) is 0 Å². The lowest BCUT2D eigenvalue weighted by Crippen LogP contribution is -2.30. The molecule has 0 saturated heterocycles. The third kappa shape index (κ3) is 59.9. The van der Waals surface area contributed by atoms with Crippen LogP contribution in [0.2, 0.25) is 0 Å². The van der Waals surface area contributed by atoms with Crippen LogP contribution in [0.3, 0.4) is 0 Å². The molecule has 0 aromatic rings. The van der Waals surface area contributed by atoms with Gasteiger partial charge in [0.05, 0.1) is 0 Å². The predicted molar refractivity (Wildman–Crippen MR) is 316 cm³/mol. The molecular weight excluding hydrogens is 901 g/mol. The molecule has 73 heavy (non-hydrogen) atoms. The standard InChI is InChI=1S/C67H120O6/c1-4-7-10-13-16-19-22-25-28-31-33-36-38-41-44-47-50-53-56-59-65(68)71-62-64(73-67(70)61-58-55-52-49-46-43-40-35-30-27-24-21-18-15-12-9-6-3)63-72-66(69)60-57-54-51-48-45-42-39-37-34-32-29-26-23-20-17-14-11-8-5-2/h18,21,25-30,40,43,64H,4-17,19-20,22-24,31-39,41-42,44-63H2,1-3H3/b21-18-,28-25-,29-26-,30-27-,43-40-. The number of esters is 3. The minimum absolute atomic E-state index is 0.0833. The summed E-state index contributed by atoms with van der Waals surface area (Å²) in [6.07, 6.45) is 77.9. The fourth-order valence-electron chi connectivity index (χ4n) is 9.15. The first-order valence-corrected chi connectivity index (χ1v) is 31.8. The molecule has 0 aliphatic heterocycles. The first-order chi connectivity index (χ1) is 36.0. The summed E-state index contributed by atoms with van der Waals surface area (Å²) in [6.45, 7) is 6.62. The summed E-state index contributed by atoms with van der Waals surface area (Å²) in [5.74, 6) is -0.893. The van der Waals surface area contributed by atoms with Crippen LogP contribution < -0.4 is 0 Å². The lowest BCUT2D eigenvalue weighted by atomic mass is 10.1. The van der Waals surface area contributed by atoms with Crippen molar-refractivity contribution in [2.45, 2.75) is 335 Å². The molecule has 0 aromatic heterocycles. The van der Waals surface area contributed by atoms with Gasteiger partial charge in [0.2, 0.25) is 0 Å². The molecule has 424 valence electrons. The number of hydrogen-bond donors (Lipinski definition) is 0. The van der Waals surface area contributed by atoms with E-state index >= 15 is 0 Å². The van der Waals surface area contributed by atoms with E-state index in [1.165, 1.54) is 205 Å². The molecule has 0 atom stereocenters. The molecule has 6 heteroatoms. The van der Waals surface area contributed by atoms with Crippen LogP contribution in [0.25, 0.3) is 0 Å². The summed E-state index contributed by atoms with van der Waals surface area (Å²) in [5, 5.41) is 0. The highest BCUT2D eigenvalue weighted by Crippen LogP contribution is 2.16. The summed E-state index contributed by atoms with van der Waals surface area (Å²) >= 11 is 0. The Balaban J connectivity index is 4.39. The van der Waals surface area contributed by atoms with Gasteiger partial charge in [-0.2, -0.15) is 0 Å². The molecule has 6 nitrogen and oxygen atoms in total. The Kier molecular flexibility index (Phi) is 59.2. The zero-order chi connectivity index (χ0) is 52.9. The second kappa shape index (κ2) is 61.7. The highest BCUT2D eigenvalue weighted by atomic mass is 16.6. The Morgan fingerprint density at radius 2 is 0.493 bits per heavy atom. The van der Waals surface area contributed by atoms with Gasteiger partial charge in [-0.1, -0.05) is 261 Å². The molecule has 0 rings (SSSR count). The summed E-state index contributed by atoms with van der Waals surface area (Å²) < 4.78 is 16.9. The van der Waals surface area contributed by atoms with E-state index in [1.807, 2.05) is 0 Å². The molecule has 0 N–H and O–H groups in total. The van der Waals surface area contributed by atoms with Crippen molar-refractivity contribution in [3.63, 3.8) is 0 Å². The van der Waals surface area contributed by atoms with Gasteiger partial charge in [-0.05, 0) is 109 Å². The molecule has 0 fully saturated rings. The average molecular weight is 1020 g/mol. The lowest BCUT2D eigenvalue weighted by molar-refractivity contribution is -0.167. The van der Waals surface area contributed by atoms with Gasteiger partial charge in [-0.25, -0.2) is 0 Å². The van der Waals surface area contributed by atoms with Crippen LogP contribution in [-0.2, 0) is 28.6 Å². The number of carbonyl (C=O) groups excluding carboxylic acids is 3. The second-order valence-corrected chi connectivity index (χ2v) is 21.3. The van der Waals surface area contributed by atoms with Crippen molar-refractivity contribution in [3.05, 3.63) is 60.8 Å². The molecule has 0 aliphatic carbocycles. The Labute approximate surface area is 453 Å². The summed E-state index contributed by atoms with van der Waals surface area (Å²) in [5.41, 5.74) is 0. The van der Waals surface area contributed by atoms with E-state index < -0.39 is 6.10 Å². The van der Waals surface area contributed by atoms with Crippen LogP contribution in [0.4, 0.5) is 0 Å². The summed E-state index contributed by atoms with van der Waals surface area (Å²) in [6, 6.07) is 0. The zero-order valence-electron chi connectivity index (χ0n) is 48.7. The SMILES string of the molecule is CCCCC/C=C\C/C=C\C/C=C\CCCCCCC(=O)OC(COC(=O)CCCCCCCCCCC/C=C\CCCCCCCC)COC(=O)CCCCCCCCCCC/C=C\CCCCCCCC. The maximum atomic E-state index is 12.9. The van der Waals surface area contributed by atoms with Crippen molar-refractivity contribution >= 4 is 17.9 Å². The topological polar surface area (TPSA) is 78.9 Å². The number of ether oxygens (including phenoxy) is 3. The molecule has 0 aromatic carbocycles. The number of carbonyl (C=O) groups is 3. The third-order valence-corrected chi connectivity index (χ3v) is 14.0. The molecule has 0 unspecified atom stereocenters. The fraction of sp³-hybridized carbons (Fsp3) is 0.806. The highest BCUT2D eigenvalue weighted by Gasteiger charge is 2.19. The average Bonchev–Trinajstić information content (AvgIpc) is 3.39. The minimum atomic E-state index is -0.788. The quantitative estimate of drug-likeness (QED) is 0.0261. The number of hydrogen-bond acceptors (Lipinski definition) is 6. The van der Waals surface area contributed by atoms with E-state index in [0.29, 0.717) is 19.3 Å². The van der Waals surface area contributed by atoms with Gasteiger partial charge in [0, 0.05) is 19.3 Å². The van der Waals surface area contributed by atoms with Gasteiger partial charge < -0.3 is 14.2 Å². The molecule has 0 bridgehead atoms. The first kappa shape index (κ1) is 70.1. The smallest absolute Gasteiger partial charge is 0.306 e. The Morgan fingerprint density at radius 3 is 0.808 bits per heavy atom. The van der Waals surface area contributed by atoms with Gasteiger partial charge in [0.25, 0.3) is 0 Å². The molecular formula is C67H120O6. The van der Waals surface area contributed by atoms with Crippen molar-refractivity contribution in [1.29, 1.82) is 0 Å². The third-order valence-electron chi connectivity index (χ3n) is 14.0. The van der Waals surface area contributed by atoms with Gasteiger partial charge in [-0.15, -0.1) is 0 Å². The molecule has 0 radical (unpaired) electrons. The maximum absolute atomic E-state index is 12.9. The first-order valence-electron chi connectivity index (χ1n) is 31.8. The van der Waals surface area contributed by atoms with Crippen molar-refractivity contribution < 1.29 is 28.6 Å². The fourth-order valence-corrected chi connectivity index (χ4v) is 9.15. The van der Waals surface area contributed by atoms with Gasteiger partial charge in [-0.3, -0.25) is 14.4 Å². The zero-order valence-corrected chi connectivity index (χ0v) is 48.7. The highest BCUT2D eigenvalue weighted by molar-refractivity contribution is 5.71. The van der Waals surface area contributed by atoms with E-state index in [0.717, 1.165) is 83.5 Å². The predicted octanol–water partition coefficient (Wildman–Crippen LogP) is 21.6. The number of rotatable bonds is 58. The van der Waals surface area contributed by atoms with Crippen LogP contribution >= 0.6 is 0 Å². The second-order valence-electron chi connectivity index (χ2n) is 21.3. The van der Waals surface area contributed by atoms with E-state index in [1.54, 1.807) is 0 Å². The van der Waals surface area contributed by atoms with E-state index in [4.69, 9.17) is 14.2 Å². The number of allylic oxidation sites excluding steroid dienone is 10. The van der Waals surface area contributed by atoms with Gasteiger partial charge in [0.1, 0.15) is 13.2 Å². The van der Waals surface area contributed by atoms with Gasteiger partial charge >= 0.3 is 17.9 Å². The number of unbranched alkanes of at least 4 members (excludes halogenated alkanes) is 37. The van der Waals surface area contributed by atoms with E-state index in [-0.39, 0.29) is 31.1 Å².